The third kappa shape index (κ3) is 9.83. The Hall–Kier alpha value is -4.94. The van der Waals surface area contributed by atoms with E-state index in [0.717, 1.165) is 12.8 Å². The van der Waals surface area contributed by atoms with Gasteiger partial charge in [-0.2, -0.15) is 0 Å². The lowest BCUT2D eigenvalue weighted by Gasteiger charge is -2.27. The van der Waals surface area contributed by atoms with Gasteiger partial charge in [-0.25, -0.2) is 9.59 Å². The maximum atomic E-state index is 12.8. The summed E-state index contributed by atoms with van der Waals surface area (Å²) in [7, 11) is 2.41. The number of hydrogen-bond donors (Lipinski definition) is 4. The van der Waals surface area contributed by atoms with E-state index < -0.39 is 25.2 Å². The molecule has 0 unspecified atom stereocenters. The molecule has 13 nitrogen and oxygen atoms in total. The van der Waals surface area contributed by atoms with E-state index in [1.165, 1.54) is 32.4 Å². The minimum atomic E-state index is -0.652. The van der Waals surface area contributed by atoms with Crippen LogP contribution in [0.1, 0.15) is 52.0 Å². The number of ketones is 1. The molecular weight excluding hydrogens is 560 g/mol. The molecule has 1 saturated carbocycles. The van der Waals surface area contributed by atoms with Crippen molar-refractivity contribution in [3.8, 4) is 11.5 Å². The van der Waals surface area contributed by atoms with Crippen LogP contribution in [0.15, 0.2) is 42.5 Å². The molecule has 1 fully saturated rings. The SMILES string of the molecule is COC(=O)COc1ccc(C(=O)CNC(=O)C2CCC(CNC(=O)c3ccc(C(=N)N)cc3)CC2)cc1OCC(=O)OC. The molecule has 0 spiro atoms. The summed E-state index contributed by atoms with van der Waals surface area (Å²) in [6.07, 6.45) is 2.77. The highest BCUT2D eigenvalue weighted by Gasteiger charge is 2.27. The van der Waals surface area contributed by atoms with Gasteiger partial charge in [0.2, 0.25) is 5.91 Å². The number of amides is 2. The van der Waals surface area contributed by atoms with Gasteiger partial charge < -0.3 is 35.3 Å². The zero-order valence-corrected chi connectivity index (χ0v) is 24.1. The maximum absolute atomic E-state index is 12.8. The highest BCUT2D eigenvalue weighted by molar-refractivity contribution is 6.00. The minimum Gasteiger partial charge on any atom is -0.478 e. The number of methoxy groups -OCH3 is 2. The molecule has 0 bridgehead atoms. The van der Waals surface area contributed by atoms with Crippen LogP contribution in [-0.2, 0) is 23.9 Å². The van der Waals surface area contributed by atoms with Gasteiger partial charge in [0.1, 0.15) is 5.84 Å². The molecule has 0 radical (unpaired) electrons. The van der Waals surface area contributed by atoms with Crippen LogP contribution in [-0.4, -0.2) is 75.9 Å². The number of carbonyl (C=O) groups excluding carboxylic acids is 5. The van der Waals surface area contributed by atoms with Crippen molar-refractivity contribution in [3.05, 3.63) is 59.2 Å². The lowest BCUT2D eigenvalue weighted by molar-refractivity contribution is -0.144. The van der Waals surface area contributed by atoms with Gasteiger partial charge in [0.15, 0.2) is 30.5 Å². The molecule has 0 saturated heterocycles. The molecule has 5 N–H and O–H groups in total. The van der Waals surface area contributed by atoms with E-state index in [2.05, 4.69) is 20.1 Å². The fraction of sp³-hybridized carbons (Fsp3) is 0.400. The standard InChI is InChI=1S/C30H36N4O9/c1-40-26(36)16-42-24-12-11-22(13-25(24)43-17-27(37)41-2)23(35)15-34-30(39)20-5-3-18(4-6-20)14-33-29(38)21-9-7-19(8-10-21)28(31)32/h7-13,18,20H,3-6,14-17H2,1-2H3,(H3,31,32)(H,33,38)(H,34,39). The van der Waals surface area contributed by atoms with Crippen LogP contribution in [0.3, 0.4) is 0 Å². The largest absolute Gasteiger partial charge is 0.478 e. The van der Waals surface area contributed by atoms with Crippen molar-refractivity contribution in [1.29, 1.82) is 5.41 Å². The normalized spacial score (nSPS) is 15.9. The summed E-state index contributed by atoms with van der Waals surface area (Å²) in [6.45, 7) is -0.602. The van der Waals surface area contributed by atoms with Gasteiger partial charge in [0.05, 0.1) is 20.8 Å². The van der Waals surface area contributed by atoms with E-state index in [4.69, 9.17) is 20.6 Å². The van der Waals surface area contributed by atoms with Gasteiger partial charge in [-0.1, -0.05) is 12.1 Å². The van der Waals surface area contributed by atoms with Crippen LogP contribution < -0.4 is 25.8 Å². The average Bonchev–Trinajstić information content (AvgIpc) is 3.03. The predicted octanol–water partition coefficient (Wildman–Crippen LogP) is 1.61. The molecule has 2 aromatic rings. The molecule has 2 aromatic carbocycles. The molecule has 230 valence electrons. The fourth-order valence-electron chi connectivity index (χ4n) is 4.49. The number of ether oxygens (including phenoxy) is 4. The molecule has 1 aliphatic rings. The van der Waals surface area contributed by atoms with E-state index in [1.54, 1.807) is 24.3 Å². The predicted molar refractivity (Wildman–Crippen MR) is 154 cm³/mol. The van der Waals surface area contributed by atoms with E-state index in [0.29, 0.717) is 30.5 Å². The molecule has 2 amide bonds. The zero-order chi connectivity index (χ0) is 31.4. The number of carbonyl (C=O) groups is 5. The number of amidine groups is 1. The van der Waals surface area contributed by atoms with Crippen LogP contribution in [0, 0.1) is 17.2 Å². The first-order valence-electron chi connectivity index (χ1n) is 13.7. The van der Waals surface area contributed by atoms with Gasteiger partial charge in [-0.3, -0.25) is 19.8 Å². The van der Waals surface area contributed by atoms with Crippen molar-refractivity contribution in [2.45, 2.75) is 25.7 Å². The van der Waals surface area contributed by atoms with Crippen LogP contribution in [0.25, 0.3) is 0 Å². The van der Waals surface area contributed by atoms with Gasteiger partial charge in [0.25, 0.3) is 5.91 Å². The second-order valence-corrected chi connectivity index (χ2v) is 9.95. The van der Waals surface area contributed by atoms with E-state index in [9.17, 15) is 24.0 Å². The molecule has 0 aromatic heterocycles. The van der Waals surface area contributed by atoms with Crippen LogP contribution in [0.4, 0.5) is 0 Å². The number of Topliss-reactive ketones (excluding diaryl/α,β-unsaturated/α-hetero) is 1. The molecule has 1 aliphatic carbocycles. The summed E-state index contributed by atoms with van der Waals surface area (Å²) in [5, 5.41) is 13.1. The second-order valence-electron chi connectivity index (χ2n) is 9.95. The fourth-order valence-corrected chi connectivity index (χ4v) is 4.49. The first kappa shape index (κ1) is 32.6. The summed E-state index contributed by atoms with van der Waals surface area (Å²) in [4.78, 5) is 61.0. The van der Waals surface area contributed by atoms with Crippen molar-refractivity contribution in [3.63, 3.8) is 0 Å². The molecule has 0 heterocycles. The number of rotatable bonds is 14. The van der Waals surface area contributed by atoms with Crippen molar-refractivity contribution >= 4 is 35.4 Å². The van der Waals surface area contributed by atoms with Gasteiger partial charge >= 0.3 is 11.9 Å². The Balaban J connectivity index is 1.47. The van der Waals surface area contributed by atoms with Crippen molar-refractivity contribution in [2.24, 2.45) is 17.6 Å². The van der Waals surface area contributed by atoms with E-state index >= 15 is 0 Å². The Labute approximate surface area is 248 Å². The Bertz CT molecular complexity index is 1340. The van der Waals surface area contributed by atoms with Gasteiger partial charge in [-0.05, 0) is 61.9 Å². The topological polar surface area (TPSA) is 196 Å². The third-order valence-corrected chi connectivity index (χ3v) is 7.06. The summed E-state index contributed by atoms with van der Waals surface area (Å²) in [5.41, 5.74) is 6.68. The van der Waals surface area contributed by atoms with Crippen LogP contribution in [0.5, 0.6) is 11.5 Å². The first-order chi connectivity index (χ1) is 20.6. The lowest BCUT2D eigenvalue weighted by Crippen LogP contribution is -2.38. The van der Waals surface area contributed by atoms with Crippen molar-refractivity contribution in [2.75, 3.05) is 40.5 Å². The van der Waals surface area contributed by atoms with Gasteiger partial charge in [-0.15, -0.1) is 0 Å². The quantitative estimate of drug-likeness (QED) is 0.108. The zero-order valence-electron chi connectivity index (χ0n) is 24.1. The lowest BCUT2D eigenvalue weighted by atomic mass is 9.81. The minimum absolute atomic E-state index is 0.0463. The van der Waals surface area contributed by atoms with E-state index in [1.807, 2.05) is 0 Å². The number of nitrogens with two attached hydrogens (primary N) is 1. The van der Waals surface area contributed by atoms with Crippen molar-refractivity contribution < 1.29 is 42.9 Å². The first-order valence-corrected chi connectivity index (χ1v) is 13.7. The number of esters is 2. The number of nitrogens with one attached hydrogen (secondary N) is 3. The Morgan fingerprint density at radius 3 is 1.93 bits per heavy atom. The molecule has 43 heavy (non-hydrogen) atoms. The Kier molecular flexibility index (Phi) is 12.0. The monoisotopic (exact) mass is 596 g/mol. The number of hydrogen-bond acceptors (Lipinski definition) is 10. The molecular formula is C30H36N4O9. The summed E-state index contributed by atoms with van der Waals surface area (Å²) < 4.78 is 19.9. The van der Waals surface area contributed by atoms with Crippen LogP contribution in [0.2, 0.25) is 0 Å². The average molecular weight is 597 g/mol. The third-order valence-electron chi connectivity index (χ3n) is 7.06. The number of benzene rings is 2. The molecule has 0 atom stereocenters. The molecule has 3 rings (SSSR count). The Morgan fingerprint density at radius 1 is 0.791 bits per heavy atom. The highest BCUT2D eigenvalue weighted by Crippen LogP contribution is 2.30. The molecule has 13 heteroatoms. The number of nitrogen functional groups attached to an aromatic ring is 1. The molecule has 0 aliphatic heterocycles. The summed E-state index contributed by atoms with van der Waals surface area (Å²) >= 11 is 0. The van der Waals surface area contributed by atoms with Crippen LogP contribution >= 0.6 is 0 Å². The van der Waals surface area contributed by atoms with E-state index in [-0.39, 0.29) is 58.9 Å². The van der Waals surface area contributed by atoms with Crippen molar-refractivity contribution in [1.82, 2.24) is 10.6 Å². The second kappa shape index (κ2) is 15.9. The van der Waals surface area contributed by atoms with Gasteiger partial charge in [0, 0.05) is 29.2 Å². The highest BCUT2D eigenvalue weighted by atomic mass is 16.6. The smallest absolute Gasteiger partial charge is 0.343 e. The Morgan fingerprint density at radius 2 is 1.35 bits per heavy atom. The summed E-state index contributed by atoms with van der Waals surface area (Å²) in [5.74, 6) is -2.01. The summed E-state index contributed by atoms with van der Waals surface area (Å²) in [6, 6.07) is 10.7. The maximum Gasteiger partial charge on any atom is 0.343 e.